The van der Waals surface area contributed by atoms with Crippen LogP contribution in [0.15, 0.2) is 0 Å². The number of phosphoric acid groups is 2. The van der Waals surface area contributed by atoms with Gasteiger partial charge in [-0.15, -0.1) is 4.31 Å². The second-order valence-corrected chi connectivity index (χ2v) is 13.2. The zero-order valence-electron chi connectivity index (χ0n) is 20.9. The fourth-order valence-electron chi connectivity index (χ4n) is 3.69. The normalized spacial score (nSPS) is 16.0. The quantitative estimate of drug-likeness (QED) is 0.304. The first-order valence-corrected chi connectivity index (χ1v) is 14.0. The average Bonchev–Trinajstić information content (AvgIpc) is 2.53. The molecular weight excluding hydrogens is 426 g/mol. The summed E-state index contributed by atoms with van der Waals surface area (Å²) in [5.41, 5.74) is 0. The first-order chi connectivity index (χ1) is 13.4. The summed E-state index contributed by atoms with van der Waals surface area (Å²) in [6.45, 7) is 22.8. The van der Waals surface area contributed by atoms with E-state index in [9.17, 15) is 14.4 Å². The van der Waals surface area contributed by atoms with Crippen molar-refractivity contribution in [2.45, 2.75) is 101 Å². The number of hydrogen-bond donors (Lipinski definition) is 0. The van der Waals surface area contributed by atoms with Crippen LogP contribution in [0.1, 0.15) is 83.1 Å². The van der Waals surface area contributed by atoms with Gasteiger partial charge in [-0.05, 0) is 35.5 Å². The Morgan fingerprint density at radius 3 is 1.10 bits per heavy atom. The summed E-state index contributed by atoms with van der Waals surface area (Å²) in [4.78, 5) is 26.4. The SMILES string of the molecule is CC(C)C(OP(=O)([O-])O[P+]([O-])(OC(C(C)C)C(C)C)OC(C(C)C)C(C)C)C(C)C. The summed E-state index contributed by atoms with van der Waals surface area (Å²) < 4.78 is 34.8. The second-order valence-electron chi connectivity index (χ2n) is 10.2. The molecule has 0 amide bonds. The minimum atomic E-state index is -4.97. The molecule has 0 aliphatic rings. The first kappa shape index (κ1) is 30.4. The van der Waals surface area contributed by atoms with Crippen molar-refractivity contribution in [1.29, 1.82) is 0 Å². The van der Waals surface area contributed by atoms with E-state index < -0.39 is 34.3 Å². The Morgan fingerprint density at radius 2 is 0.867 bits per heavy atom. The van der Waals surface area contributed by atoms with Crippen LogP contribution in [-0.2, 0) is 22.4 Å². The Morgan fingerprint density at radius 1 is 0.600 bits per heavy atom. The van der Waals surface area contributed by atoms with Crippen molar-refractivity contribution < 1.29 is 32.2 Å². The van der Waals surface area contributed by atoms with Gasteiger partial charge in [0.1, 0.15) is 12.2 Å². The third-order valence-corrected chi connectivity index (χ3v) is 8.00. The number of rotatable bonds is 14. The van der Waals surface area contributed by atoms with E-state index in [-0.39, 0.29) is 35.5 Å². The average molecular weight is 472 g/mol. The van der Waals surface area contributed by atoms with E-state index in [2.05, 4.69) is 0 Å². The van der Waals surface area contributed by atoms with Gasteiger partial charge in [0.25, 0.3) is 0 Å². The van der Waals surface area contributed by atoms with Crippen molar-refractivity contribution >= 4 is 16.0 Å². The molecule has 1 atom stereocenters. The van der Waals surface area contributed by atoms with Gasteiger partial charge in [0, 0.05) is 0 Å². The fraction of sp³-hybridized carbons (Fsp3) is 1.00. The highest BCUT2D eigenvalue weighted by atomic mass is 31.3. The van der Waals surface area contributed by atoms with E-state index >= 15 is 0 Å². The van der Waals surface area contributed by atoms with Crippen molar-refractivity contribution in [3.05, 3.63) is 0 Å². The van der Waals surface area contributed by atoms with Crippen LogP contribution in [0.2, 0.25) is 0 Å². The Kier molecular flexibility index (Phi) is 12.8. The highest BCUT2D eigenvalue weighted by molar-refractivity contribution is 7.64. The van der Waals surface area contributed by atoms with Crippen LogP contribution in [-0.4, -0.2) is 18.3 Å². The van der Waals surface area contributed by atoms with Gasteiger partial charge >= 0.3 is 16.0 Å². The molecule has 0 aliphatic carbocycles. The minimum absolute atomic E-state index is 0.0203. The van der Waals surface area contributed by atoms with E-state index in [1.54, 1.807) is 0 Å². The van der Waals surface area contributed by atoms with Crippen LogP contribution in [0.4, 0.5) is 0 Å². The van der Waals surface area contributed by atoms with Gasteiger partial charge in [0.2, 0.25) is 0 Å². The van der Waals surface area contributed by atoms with Crippen LogP contribution in [0.3, 0.4) is 0 Å². The molecule has 0 rings (SSSR count). The zero-order valence-corrected chi connectivity index (χ0v) is 22.7. The Balaban J connectivity index is 5.94. The standard InChI is InChI=1S/C21H46O7P2/c1-13(2)19(14(3)4)25-29(22,23)28-30(24,26-20(15(5)6)16(7)8)27-21(17(9)10)18(11)12/h13-21H,1-12H3,(H,22,23)/p-1. The third kappa shape index (κ3) is 10.4. The smallest absolute Gasteiger partial charge is 0.389 e. The Bertz CT molecular complexity index is 489. The summed E-state index contributed by atoms with van der Waals surface area (Å²) in [5, 5.41) is 0. The Labute approximate surface area is 185 Å². The van der Waals surface area contributed by atoms with E-state index in [0.717, 1.165) is 0 Å². The predicted molar refractivity (Wildman–Crippen MR) is 119 cm³/mol. The number of hydrogen-bond acceptors (Lipinski definition) is 7. The molecule has 30 heavy (non-hydrogen) atoms. The highest BCUT2D eigenvalue weighted by Crippen LogP contribution is 2.67. The van der Waals surface area contributed by atoms with E-state index in [1.165, 1.54) is 0 Å². The van der Waals surface area contributed by atoms with Crippen LogP contribution in [0, 0.1) is 35.5 Å². The maximum absolute atomic E-state index is 13.7. The first-order valence-electron chi connectivity index (χ1n) is 11.1. The van der Waals surface area contributed by atoms with Gasteiger partial charge in [-0.3, -0.25) is 4.57 Å². The van der Waals surface area contributed by atoms with Crippen molar-refractivity contribution in [3.8, 4) is 0 Å². The summed E-state index contributed by atoms with van der Waals surface area (Å²) in [5.74, 6) is -0.229. The third-order valence-electron chi connectivity index (χ3n) is 4.89. The van der Waals surface area contributed by atoms with Crippen LogP contribution in [0.5, 0.6) is 0 Å². The zero-order chi connectivity index (χ0) is 24.0. The molecule has 0 bridgehead atoms. The number of phosphoric ester groups is 2. The van der Waals surface area contributed by atoms with Crippen molar-refractivity contribution in [2.75, 3.05) is 0 Å². The van der Waals surface area contributed by atoms with Gasteiger partial charge in [0.05, 0.1) is 6.10 Å². The lowest BCUT2D eigenvalue weighted by atomic mass is 9.97. The molecule has 0 aromatic heterocycles. The largest absolute Gasteiger partial charge is 0.753 e. The molecule has 7 nitrogen and oxygen atoms in total. The highest BCUT2D eigenvalue weighted by Gasteiger charge is 2.47. The van der Waals surface area contributed by atoms with Gasteiger partial charge in [0.15, 0.2) is 0 Å². The van der Waals surface area contributed by atoms with Crippen molar-refractivity contribution in [1.82, 2.24) is 0 Å². The van der Waals surface area contributed by atoms with E-state index in [4.69, 9.17) is 17.9 Å². The van der Waals surface area contributed by atoms with Crippen LogP contribution >= 0.6 is 16.0 Å². The summed E-state index contributed by atoms with van der Waals surface area (Å²) >= 11 is 0. The molecule has 0 saturated heterocycles. The Hall–Kier alpha value is 0.420. The molecule has 0 fully saturated rings. The summed E-state index contributed by atoms with van der Waals surface area (Å²) in [6.07, 6.45) is -1.64. The molecule has 0 saturated carbocycles. The van der Waals surface area contributed by atoms with Gasteiger partial charge < -0.3 is 14.3 Å². The van der Waals surface area contributed by atoms with Gasteiger partial charge in [-0.25, -0.2) is 0 Å². The molecule has 1 unspecified atom stereocenters. The predicted octanol–water partition coefficient (Wildman–Crippen LogP) is 5.60. The lowest BCUT2D eigenvalue weighted by Crippen LogP contribution is -2.36. The molecule has 9 heteroatoms. The van der Waals surface area contributed by atoms with E-state index in [1.807, 2.05) is 83.1 Å². The second kappa shape index (κ2) is 12.6. The summed E-state index contributed by atoms with van der Waals surface area (Å²) in [6, 6.07) is 0. The monoisotopic (exact) mass is 471 g/mol. The van der Waals surface area contributed by atoms with Crippen LogP contribution < -0.4 is 9.79 Å². The molecule has 0 radical (unpaired) electrons. The van der Waals surface area contributed by atoms with Crippen molar-refractivity contribution in [2.24, 2.45) is 35.5 Å². The molecule has 0 aliphatic heterocycles. The maximum atomic E-state index is 13.7. The lowest BCUT2D eigenvalue weighted by molar-refractivity contribution is -0.272. The molecule has 0 aromatic carbocycles. The molecule has 0 N–H and O–H groups in total. The molecule has 0 spiro atoms. The molecule has 182 valence electrons. The lowest BCUT2D eigenvalue weighted by Gasteiger charge is -2.39. The molecule has 0 heterocycles. The van der Waals surface area contributed by atoms with E-state index in [0.29, 0.717) is 0 Å². The van der Waals surface area contributed by atoms with Crippen LogP contribution in [0.25, 0.3) is 0 Å². The van der Waals surface area contributed by atoms with Gasteiger partial charge in [-0.1, -0.05) is 83.1 Å². The van der Waals surface area contributed by atoms with Gasteiger partial charge in [-0.2, -0.15) is 9.05 Å². The van der Waals surface area contributed by atoms with Crippen molar-refractivity contribution in [3.63, 3.8) is 0 Å². The summed E-state index contributed by atoms with van der Waals surface area (Å²) in [7, 11) is -9.46. The molecule has 0 aromatic rings. The molecular formula is C21H45O7P2-. The fourth-order valence-corrected chi connectivity index (χ4v) is 7.54. The maximum Gasteiger partial charge on any atom is 0.389 e. The minimum Gasteiger partial charge on any atom is -0.753 e. The topological polar surface area (TPSA) is 100 Å².